The fraction of sp³-hybridized carbons (Fsp3) is 0.500. The van der Waals surface area contributed by atoms with Gasteiger partial charge < -0.3 is 10.1 Å². The molecule has 106 valence electrons. The average Bonchev–Trinajstić information content (AvgIpc) is 2.37. The van der Waals surface area contributed by atoms with Crippen molar-refractivity contribution in [2.45, 2.75) is 18.6 Å². The summed E-state index contributed by atoms with van der Waals surface area (Å²) in [5.74, 6) is 0.224. The number of anilines is 1. The molecular weight excluding hydrogens is 268 g/mol. The summed E-state index contributed by atoms with van der Waals surface area (Å²) in [5.41, 5.74) is 0.341. The summed E-state index contributed by atoms with van der Waals surface area (Å²) in [7, 11) is 0.510. The molecule has 0 aliphatic heterocycles. The summed E-state index contributed by atoms with van der Waals surface area (Å²) in [6.45, 7) is 2.41. The highest BCUT2D eigenvalue weighted by atomic mass is 32.2. The summed E-state index contributed by atoms with van der Waals surface area (Å²) in [4.78, 5) is 10.6. The first kappa shape index (κ1) is 15.4. The quantitative estimate of drug-likeness (QED) is 0.613. The van der Waals surface area contributed by atoms with E-state index in [0.29, 0.717) is 18.7 Å². The lowest BCUT2D eigenvalue weighted by molar-refractivity contribution is -0.384. The molecule has 0 radical (unpaired) electrons. The Hall–Kier alpha value is -1.63. The zero-order chi connectivity index (χ0) is 14.4. The van der Waals surface area contributed by atoms with Crippen LogP contribution in [-0.4, -0.2) is 34.3 Å². The smallest absolute Gasteiger partial charge is 0.333 e. The highest BCUT2D eigenvalue weighted by molar-refractivity contribution is 7.84. The van der Waals surface area contributed by atoms with Gasteiger partial charge in [-0.05, 0) is 18.6 Å². The van der Waals surface area contributed by atoms with Gasteiger partial charge in [-0.25, -0.2) is 0 Å². The Morgan fingerprint density at radius 1 is 1.53 bits per heavy atom. The zero-order valence-electron chi connectivity index (χ0n) is 11.2. The van der Waals surface area contributed by atoms with Crippen LogP contribution in [0.1, 0.15) is 13.3 Å². The molecule has 6 nitrogen and oxygen atoms in total. The maximum atomic E-state index is 11.2. The molecule has 19 heavy (non-hydrogen) atoms. The van der Waals surface area contributed by atoms with Crippen LogP contribution in [-0.2, 0) is 10.8 Å². The predicted octanol–water partition coefficient (Wildman–Crippen LogP) is 2.17. The molecule has 0 bridgehead atoms. The third kappa shape index (κ3) is 4.20. The van der Waals surface area contributed by atoms with E-state index >= 15 is 0 Å². The highest BCUT2D eigenvalue weighted by Crippen LogP contribution is 2.34. The van der Waals surface area contributed by atoms with Gasteiger partial charge in [-0.15, -0.1) is 0 Å². The summed E-state index contributed by atoms with van der Waals surface area (Å²) in [6, 6.07) is 4.87. The van der Waals surface area contributed by atoms with Crippen molar-refractivity contribution in [1.82, 2.24) is 0 Å². The number of methoxy groups -OCH3 is 1. The first-order valence-corrected chi connectivity index (χ1v) is 7.47. The van der Waals surface area contributed by atoms with Gasteiger partial charge in [-0.3, -0.25) is 14.3 Å². The molecule has 1 aromatic carbocycles. The molecule has 1 rings (SSSR count). The first-order valence-electron chi connectivity index (χ1n) is 5.84. The van der Waals surface area contributed by atoms with Crippen molar-refractivity contribution in [1.29, 1.82) is 0 Å². The molecule has 0 aliphatic rings. The Morgan fingerprint density at radius 2 is 2.21 bits per heavy atom. The number of nitrogens with zero attached hydrogens (tertiary/aromatic N) is 1. The molecule has 0 amide bonds. The lowest BCUT2D eigenvalue weighted by atomic mass is 10.2. The number of nitro benzene ring substituents is 1. The van der Waals surface area contributed by atoms with E-state index in [9.17, 15) is 14.3 Å². The Labute approximate surface area is 114 Å². The monoisotopic (exact) mass is 286 g/mol. The Morgan fingerprint density at radius 3 is 2.74 bits per heavy atom. The summed E-state index contributed by atoms with van der Waals surface area (Å²) >= 11 is 0. The summed E-state index contributed by atoms with van der Waals surface area (Å²) in [6.07, 6.45) is 2.33. The summed E-state index contributed by atoms with van der Waals surface area (Å²) in [5, 5.41) is 14.1. The number of nitrogens with one attached hydrogen (secondary N) is 1. The predicted molar refractivity (Wildman–Crippen MR) is 76.3 cm³/mol. The van der Waals surface area contributed by atoms with Gasteiger partial charge in [0.15, 0.2) is 5.75 Å². The van der Waals surface area contributed by atoms with Crippen molar-refractivity contribution in [3.05, 3.63) is 28.3 Å². The number of para-hydroxylation sites is 1. The number of benzene rings is 1. The van der Waals surface area contributed by atoms with Crippen LogP contribution in [0.3, 0.4) is 0 Å². The minimum Gasteiger partial charge on any atom is -0.490 e. The minimum atomic E-state index is -0.887. The molecule has 0 aromatic heterocycles. The summed E-state index contributed by atoms with van der Waals surface area (Å²) < 4.78 is 16.2. The molecule has 0 heterocycles. The Balaban J connectivity index is 2.78. The SMILES string of the molecule is COc1cccc(NCCC(C)S(C)=O)c1[N+](=O)[O-]. The van der Waals surface area contributed by atoms with Crippen LogP contribution in [0.15, 0.2) is 18.2 Å². The van der Waals surface area contributed by atoms with E-state index in [0.717, 1.165) is 0 Å². The molecule has 0 saturated carbocycles. The van der Waals surface area contributed by atoms with Gasteiger partial charge in [0, 0.05) is 28.9 Å². The fourth-order valence-corrected chi connectivity index (χ4v) is 2.04. The van der Waals surface area contributed by atoms with E-state index in [-0.39, 0.29) is 16.7 Å². The Bertz CT molecular complexity index is 479. The van der Waals surface area contributed by atoms with E-state index in [1.165, 1.54) is 7.11 Å². The van der Waals surface area contributed by atoms with Crippen LogP contribution in [0.5, 0.6) is 5.75 Å². The van der Waals surface area contributed by atoms with E-state index in [1.54, 1.807) is 24.5 Å². The van der Waals surface area contributed by atoms with Gasteiger partial charge >= 0.3 is 5.69 Å². The standard InChI is InChI=1S/C12H18N2O4S/c1-9(19(3)17)7-8-13-10-5-4-6-11(18-2)12(10)14(15)16/h4-6,9,13H,7-8H2,1-3H3. The number of rotatable bonds is 7. The van der Waals surface area contributed by atoms with Gasteiger partial charge in [0.1, 0.15) is 5.69 Å². The van der Waals surface area contributed by atoms with Gasteiger partial charge in [-0.1, -0.05) is 13.0 Å². The molecule has 0 saturated heterocycles. The van der Waals surface area contributed by atoms with Crippen molar-refractivity contribution in [3.63, 3.8) is 0 Å². The largest absolute Gasteiger partial charge is 0.490 e. The molecule has 2 atom stereocenters. The lowest BCUT2D eigenvalue weighted by Gasteiger charge is -2.11. The van der Waals surface area contributed by atoms with Gasteiger partial charge in [-0.2, -0.15) is 0 Å². The maximum absolute atomic E-state index is 11.2. The number of hydrogen-bond acceptors (Lipinski definition) is 5. The number of hydrogen-bond donors (Lipinski definition) is 1. The van der Waals surface area contributed by atoms with Gasteiger partial charge in [0.05, 0.1) is 12.0 Å². The highest BCUT2D eigenvalue weighted by Gasteiger charge is 2.20. The van der Waals surface area contributed by atoms with E-state index < -0.39 is 15.7 Å². The lowest BCUT2D eigenvalue weighted by Crippen LogP contribution is -2.15. The van der Waals surface area contributed by atoms with Crippen molar-refractivity contribution in [3.8, 4) is 5.75 Å². The molecule has 0 spiro atoms. The second-order valence-electron chi connectivity index (χ2n) is 4.14. The number of nitro groups is 1. The average molecular weight is 286 g/mol. The molecule has 7 heteroatoms. The number of ether oxygens (including phenoxy) is 1. The van der Waals surface area contributed by atoms with Gasteiger partial charge in [0.25, 0.3) is 0 Å². The van der Waals surface area contributed by atoms with Crippen LogP contribution < -0.4 is 10.1 Å². The minimum absolute atomic E-state index is 0.0529. The van der Waals surface area contributed by atoms with Crippen LogP contribution >= 0.6 is 0 Å². The molecule has 0 aliphatic carbocycles. The van der Waals surface area contributed by atoms with Crippen LogP contribution in [0, 0.1) is 10.1 Å². The molecule has 1 aromatic rings. The van der Waals surface area contributed by atoms with Crippen LogP contribution in [0.25, 0.3) is 0 Å². The molecular formula is C12H18N2O4S. The zero-order valence-corrected chi connectivity index (χ0v) is 12.0. The van der Waals surface area contributed by atoms with Crippen molar-refractivity contribution in [2.75, 3.05) is 25.2 Å². The van der Waals surface area contributed by atoms with E-state index in [2.05, 4.69) is 5.32 Å². The second-order valence-corrected chi connectivity index (χ2v) is 5.94. The molecule has 2 unspecified atom stereocenters. The van der Waals surface area contributed by atoms with E-state index in [1.807, 2.05) is 6.92 Å². The van der Waals surface area contributed by atoms with E-state index in [4.69, 9.17) is 4.74 Å². The van der Waals surface area contributed by atoms with Crippen LogP contribution in [0.2, 0.25) is 0 Å². The topological polar surface area (TPSA) is 81.5 Å². The van der Waals surface area contributed by atoms with Crippen LogP contribution in [0.4, 0.5) is 11.4 Å². The van der Waals surface area contributed by atoms with Crippen molar-refractivity contribution < 1.29 is 13.9 Å². The second kappa shape index (κ2) is 7.08. The molecule has 0 fully saturated rings. The third-order valence-corrected chi connectivity index (χ3v) is 4.20. The third-order valence-electron chi connectivity index (χ3n) is 2.83. The van der Waals surface area contributed by atoms with Gasteiger partial charge in [0.2, 0.25) is 0 Å². The first-order chi connectivity index (χ1) is 8.97. The van der Waals surface area contributed by atoms with Crippen molar-refractivity contribution in [2.24, 2.45) is 0 Å². The van der Waals surface area contributed by atoms with Crippen molar-refractivity contribution >= 4 is 22.2 Å². The maximum Gasteiger partial charge on any atom is 0.333 e. The molecule has 1 N–H and O–H groups in total. The fourth-order valence-electron chi connectivity index (χ4n) is 1.59. The Kier molecular flexibility index (Phi) is 5.75. The normalized spacial score (nSPS) is 13.6.